The van der Waals surface area contributed by atoms with Gasteiger partial charge in [-0.2, -0.15) is 0 Å². The maximum absolute atomic E-state index is 11.7. The Morgan fingerprint density at radius 1 is 1.59 bits per heavy atom. The summed E-state index contributed by atoms with van der Waals surface area (Å²) >= 11 is 1.56. The average molecular weight is 277 g/mol. The summed E-state index contributed by atoms with van der Waals surface area (Å²) in [4.78, 5) is 11.5. The molecular weight excluding hydrogens is 262 g/mol. The lowest BCUT2D eigenvalue weighted by Gasteiger charge is -2.23. The second-order valence-electron chi connectivity index (χ2n) is 3.80. The minimum absolute atomic E-state index is 0.252. The van der Waals surface area contributed by atoms with Crippen LogP contribution in [-0.2, 0) is 21.2 Å². The van der Waals surface area contributed by atoms with Crippen LogP contribution in [0.4, 0.5) is 0 Å². The zero-order valence-corrected chi connectivity index (χ0v) is 11.3. The topological polar surface area (TPSA) is 74.7 Å². The molecule has 17 heavy (non-hydrogen) atoms. The molecule has 96 valence electrons. The maximum atomic E-state index is 11.7. The molecule has 1 heterocycles. The van der Waals surface area contributed by atoms with Gasteiger partial charge in [-0.25, -0.2) is 12.7 Å². The molecular formula is C10H15NO4S2. The molecule has 1 N–H and O–H groups in total. The van der Waals surface area contributed by atoms with Crippen LogP contribution in [-0.4, -0.2) is 42.6 Å². The van der Waals surface area contributed by atoms with Gasteiger partial charge in [-0.3, -0.25) is 4.79 Å². The van der Waals surface area contributed by atoms with Gasteiger partial charge in [0.15, 0.2) is 5.75 Å². The summed E-state index contributed by atoms with van der Waals surface area (Å²) in [5.41, 5.74) is 0. The first-order chi connectivity index (χ1) is 7.83. The van der Waals surface area contributed by atoms with E-state index in [4.69, 9.17) is 5.11 Å². The summed E-state index contributed by atoms with van der Waals surface area (Å²) in [6.45, 7) is 1.76. The molecule has 0 radical (unpaired) electrons. The van der Waals surface area contributed by atoms with E-state index in [2.05, 4.69) is 0 Å². The Bertz CT molecular complexity index is 467. The van der Waals surface area contributed by atoms with Crippen molar-refractivity contribution < 1.29 is 18.3 Å². The second-order valence-corrected chi connectivity index (χ2v) is 6.86. The van der Waals surface area contributed by atoms with Crippen LogP contribution in [0, 0.1) is 0 Å². The predicted molar refractivity (Wildman–Crippen MR) is 66.7 cm³/mol. The van der Waals surface area contributed by atoms with E-state index in [0.29, 0.717) is 6.42 Å². The highest BCUT2D eigenvalue weighted by Gasteiger charge is 2.26. The van der Waals surface area contributed by atoms with Gasteiger partial charge in [-0.05, 0) is 24.8 Å². The van der Waals surface area contributed by atoms with Crippen molar-refractivity contribution >= 4 is 27.3 Å². The summed E-state index contributed by atoms with van der Waals surface area (Å²) in [5.74, 6) is -2.20. The first kappa shape index (κ1) is 14.1. The molecule has 5 nitrogen and oxygen atoms in total. The molecule has 1 unspecified atom stereocenters. The van der Waals surface area contributed by atoms with Gasteiger partial charge in [0.1, 0.15) is 0 Å². The highest BCUT2D eigenvalue weighted by molar-refractivity contribution is 7.89. The number of likely N-dealkylation sites (N-methyl/N-ethyl adjacent to an activating group) is 1. The van der Waals surface area contributed by atoms with Crippen molar-refractivity contribution in [3.63, 3.8) is 0 Å². The van der Waals surface area contributed by atoms with E-state index in [1.54, 1.807) is 18.3 Å². The highest BCUT2D eigenvalue weighted by Crippen LogP contribution is 2.15. The molecule has 0 aliphatic heterocycles. The van der Waals surface area contributed by atoms with Crippen molar-refractivity contribution in [1.82, 2.24) is 4.31 Å². The number of sulfonamides is 1. The maximum Gasteiger partial charge on any atom is 0.320 e. The number of hydrogen-bond donors (Lipinski definition) is 1. The molecule has 0 saturated heterocycles. The predicted octanol–water partition coefficient (Wildman–Crippen LogP) is 1.03. The van der Waals surface area contributed by atoms with Crippen LogP contribution in [0.3, 0.4) is 0 Å². The van der Waals surface area contributed by atoms with Crippen LogP contribution >= 0.6 is 11.3 Å². The molecule has 0 saturated carbocycles. The molecule has 1 aromatic heterocycles. The van der Waals surface area contributed by atoms with Gasteiger partial charge in [0, 0.05) is 18.0 Å². The van der Waals surface area contributed by atoms with Gasteiger partial charge in [-0.1, -0.05) is 6.07 Å². The number of nitrogens with zero attached hydrogens (tertiary/aromatic N) is 1. The third-order valence-electron chi connectivity index (χ3n) is 2.44. The number of carboxylic acids is 1. The summed E-state index contributed by atoms with van der Waals surface area (Å²) in [7, 11) is -2.31. The molecule has 0 aromatic carbocycles. The Morgan fingerprint density at radius 3 is 2.71 bits per heavy atom. The summed E-state index contributed by atoms with van der Waals surface area (Å²) < 4.78 is 24.4. The number of hydrogen-bond acceptors (Lipinski definition) is 4. The van der Waals surface area contributed by atoms with Crippen LogP contribution in [0.1, 0.15) is 11.8 Å². The normalized spacial score (nSPS) is 13.8. The molecule has 1 aromatic rings. The van der Waals surface area contributed by atoms with Gasteiger partial charge in [0.2, 0.25) is 10.0 Å². The van der Waals surface area contributed by atoms with Gasteiger partial charge in [0.05, 0.1) is 0 Å². The van der Waals surface area contributed by atoms with Crippen molar-refractivity contribution in [1.29, 1.82) is 0 Å². The Morgan fingerprint density at radius 2 is 2.24 bits per heavy atom. The molecule has 0 bridgehead atoms. The Labute approximate surface area is 105 Å². The zero-order valence-electron chi connectivity index (χ0n) is 9.66. The van der Waals surface area contributed by atoms with E-state index in [1.807, 2.05) is 17.5 Å². The van der Waals surface area contributed by atoms with Crippen molar-refractivity contribution in [2.45, 2.75) is 19.4 Å². The molecule has 0 amide bonds. The third kappa shape index (κ3) is 4.10. The van der Waals surface area contributed by atoms with E-state index >= 15 is 0 Å². The molecule has 7 heteroatoms. The van der Waals surface area contributed by atoms with Crippen molar-refractivity contribution in [3.8, 4) is 0 Å². The molecule has 1 rings (SSSR count). The fraction of sp³-hybridized carbons (Fsp3) is 0.500. The van der Waals surface area contributed by atoms with Crippen LogP contribution in [0.5, 0.6) is 0 Å². The molecule has 0 aliphatic rings. The molecule has 0 aliphatic carbocycles. The number of aliphatic carboxylic acids is 1. The fourth-order valence-electron chi connectivity index (χ4n) is 1.38. The number of rotatable bonds is 6. The van der Waals surface area contributed by atoms with E-state index < -0.39 is 21.7 Å². The van der Waals surface area contributed by atoms with Crippen molar-refractivity contribution in [3.05, 3.63) is 22.4 Å². The largest absolute Gasteiger partial charge is 0.480 e. The summed E-state index contributed by atoms with van der Waals surface area (Å²) in [6.07, 6.45) is 0.590. The number of carbonyl (C=O) groups is 1. The summed E-state index contributed by atoms with van der Waals surface area (Å²) in [6, 6.07) is 3.58. The minimum Gasteiger partial charge on any atom is -0.480 e. The lowest BCUT2D eigenvalue weighted by atomic mass is 10.2. The van der Waals surface area contributed by atoms with E-state index in [-0.39, 0.29) is 6.04 Å². The first-order valence-corrected chi connectivity index (χ1v) is 7.51. The Kier molecular flexibility index (Phi) is 4.67. The number of carboxylic acid groups (broad SMARTS) is 1. The lowest BCUT2D eigenvalue weighted by Crippen LogP contribution is -2.39. The third-order valence-corrected chi connectivity index (χ3v) is 5.19. The Balaban J connectivity index is 2.69. The fourth-order valence-corrected chi connectivity index (χ4v) is 3.35. The highest BCUT2D eigenvalue weighted by atomic mass is 32.2. The minimum atomic E-state index is -3.72. The van der Waals surface area contributed by atoms with Crippen LogP contribution in [0.2, 0.25) is 0 Å². The van der Waals surface area contributed by atoms with Gasteiger partial charge in [-0.15, -0.1) is 11.3 Å². The van der Waals surface area contributed by atoms with Crippen molar-refractivity contribution in [2.24, 2.45) is 0 Å². The standard InChI is InChI=1S/C10H15NO4S2/c1-8(6-9-4-3-5-16-9)11(2)17(14,15)7-10(12)13/h3-5,8H,6-7H2,1-2H3,(H,12,13). The quantitative estimate of drug-likeness (QED) is 0.842. The first-order valence-electron chi connectivity index (χ1n) is 5.03. The lowest BCUT2D eigenvalue weighted by molar-refractivity contribution is -0.134. The zero-order chi connectivity index (χ0) is 13.1. The van der Waals surface area contributed by atoms with Crippen molar-refractivity contribution in [2.75, 3.05) is 12.8 Å². The van der Waals surface area contributed by atoms with E-state index in [1.165, 1.54) is 7.05 Å². The second kappa shape index (κ2) is 5.61. The van der Waals surface area contributed by atoms with Gasteiger partial charge >= 0.3 is 5.97 Å². The number of thiophene rings is 1. The van der Waals surface area contributed by atoms with Crippen LogP contribution in [0.15, 0.2) is 17.5 Å². The summed E-state index contributed by atoms with van der Waals surface area (Å²) in [5, 5.41) is 10.5. The van der Waals surface area contributed by atoms with Gasteiger partial charge in [0.25, 0.3) is 0 Å². The monoisotopic (exact) mass is 277 g/mol. The SMILES string of the molecule is CC(Cc1cccs1)N(C)S(=O)(=O)CC(=O)O. The molecule has 0 fully saturated rings. The van der Waals surface area contributed by atoms with Crippen LogP contribution in [0.25, 0.3) is 0 Å². The smallest absolute Gasteiger partial charge is 0.320 e. The average Bonchev–Trinajstić information content (AvgIpc) is 2.67. The van der Waals surface area contributed by atoms with Gasteiger partial charge < -0.3 is 5.11 Å². The van der Waals surface area contributed by atoms with E-state index in [9.17, 15) is 13.2 Å². The molecule has 1 atom stereocenters. The van der Waals surface area contributed by atoms with E-state index in [0.717, 1.165) is 9.18 Å². The van der Waals surface area contributed by atoms with Crippen LogP contribution < -0.4 is 0 Å². The molecule has 0 spiro atoms. The Hall–Kier alpha value is -0.920.